The summed E-state index contributed by atoms with van der Waals surface area (Å²) >= 11 is 0. The molecule has 0 saturated carbocycles. The summed E-state index contributed by atoms with van der Waals surface area (Å²) in [6.07, 6.45) is 3.10. The molecule has 0 radical (unpaired) electrons. The minimum atomic E-state index is -0.489. The number of hydrogen-bond donors (Lipinski definition) is 3. The maximum absolute atomic E-state index is 13.1. The first-order valence-electron chi connectivity index (χ1n) is 9.54. The average molecular weight is 422 g/mol. The fraction of sp³-hybridized carbons (Fsp3) is 0.143. The second-order valence-corrected chi connectivity index (χ2v) is 6.64. The van der Waals surface area contributed by atoms with Gasteiger partial charge in [0.25, 0.3) is 11.8 Å². The number of H-pyrrole nitrogens is 1. The molecule has 158 valence electrons. The van der Waals surface area contributed by atoms with E-state index in [4.69, 9.17) is 4.42 Å². The first kappa shape index (κ1) is 20.1. The van der Waals surface area contributed by atoms with Crippen LogP contribution in [0.1, 0.15) is 33.7 Å². The number of nitrogens with zero attached hydrogens (tertiary/aromatic N) is 3. The van der Waals surface area contributed by atoms with Crippen LogP contribution in [-0.4, -0.2) is 31.8 Å². The number of rotatable bonds is 7. The van der Waals surface area contributed by atoms with Gasteiger partial charge in [-0.15, -0.1) is 0 Å². The molecule has 0 fully saturated rings. The van der Waals surface area contributed by atoms with Gasteiger partial charge in [0.15, 0.2) is 5.69 Å². The van der Waals surface area contributed by atoms with Crippen LogP contribution >= 0.6 is 0 Å². The molecule has 0 saturated heterocycles. The maximum atomic E-state index is 13.1. The Labute approximate surface area is 176 Å². The number of amides is 2. The van der Waals surface area contributed by atoms with Crippen molar-refractivity contribution in [2.75, 3.05) is 5.32 Å². The lowest BCUT2D eigenvalue weighted by molar-refractivity contribution is 0.0943. The van der Waals surface area contributed by atoms with E-state index in [-0.39, 0.29) is 29.4 Å². The van der Waals surface area contributed by atoms with Crippen LogP contribution in [0.4, 0.5) is 10.1 Å². The van der Waals surface area contributed by atoms with Crippen LogP contribution in [0.3, 0.4) is 0 Å². The van der Waals surface area contributed by atoms with E-state index in [2.05, 4.69) is 25.9 Å². The number of hydrogen-bond acceptors (Lipinski definition) is 5. The number of anilines is 1. The van der Waals surface area contributed by atoms with Crippen molar-refractivity contribution in [3.8, 4) is 11.3 Å². The first-order chi connectivity index (χ1) is 15.0. The Balaban J connectivity index is 1.49. The molecule has 3 N–H and O–H groups in total. The van der Waals surface area contributed by atoms with Gasteiger partial charge in [-0.25, -0.2) is 4.39 Å². The molecule has 0 bridgehead atoms. The van der Waals surface area contributed by atoms with Crippen molar-refractivity contribution in [1.29, 1.82) is 0 Å². The fourth-order valence-corrected chi connectivity index (χ4v) is 2.90. The average Bonchev–Trinajstić information content (AvgIpc) is 3.53. The number of aryl methyl sites for hydroxylation is 1. The Morgan fingerprint density at radius 2 is 2.00 bits per heavy atom. The summed E-state index contributed by atoms with van der Waals surface area (Å²) in [5, 5.41) is 16.4. The molecule has 1 aromatic carbocycles. The van der Waals surface area contributed by atoms with Crippen molar-refractivity contribution in [3.63, 3.8) is 0 Å². The van der Waals surface area contributed by atoms with E-state index >= 15 is 0 Å². The molecule has 3 heterocycles. The van der Waals surface area contributed by atoms with Crippen LogP contribution in [0, 0.1) is 5.82 Å². The molecule has 2 amide bonds. The summed E-state index contributed by atoms with van der Waals surface area (Å²) in [6.45, 7) is 2.58. The van der Waals surface area contributed by atoms with Crippen LogP contribution in [-0.2, 0) is 13.1 Å². The van der Waals surface area contributed by atoms with E-state index in [1.807, 2.05) is 6.92 Å². The second-order valence-electron chi connectivity index (χ2n) is 6.64. The number of aromatic nitrogens is 4. The molecule has 0 unspecified atom stereocenters. The Bertz CT molecular complexity index is 1190. The summed E-state index contributed by atoms with van der Waals surface area (Å²) in [6, 6.07) is 10.8. The molecule has 0 spiro atoms. The van der Waals surface area contributed by atoms with Crippen LogP contribution in [0.2, 0.25) is 0 Å². The van der Waals surface area contributed by atoms with Gasteiger partial charge >= 0.3 is 0 Å². The Hall–Kier alpha value is -4.21. The summed E-state index contributed by atoms with van der Waals surface area (Å²) in [5.41, 5.74) is 1.69. The smallest absolute Gasteiger partial charge is 0.274 e. The summed E-state index contributed by atoms with van der Waals surface area (Å²) in [7, 11) is 0. The van der Waals surface area contributed by atoms with Gasteiger partial charge < -0.3 is 15.1 Å². The SMILES string of the molecule is CCn1cc(NC(=O)c2cc(-c3ccc(F)cc3)n[nH]2)c(C(=O)NCc2ccco2)n1. The topological polar surface area (TPSA) is 118 Å². The molecule has 4 aromatic rings. The van der Waals surface area contributed by atoms with E-state index in [0.29, 0.717) is 23.6 Å². The van der Waals surface area contributed by atoms with Gasteiger partial charge in [-0.3, -0.25) is 19.4 Å². The highest BCUT2D eigenvalue weighted by atomic mass is 19.1. The van der Waals surface area contributed by atoms with E-state index in [1.54, 1.807) is 41.2 Å². The lowest BCUT2D eigenvalue weighted by atomic mass is 10.1. The molecule has 0 aliphatic heterocycles. The van der Waals surface area contributed by atoms with E-state index in [0.717, 1.165) is 0 Å². The lowest BCUT2D eigenvalue weighted by Gasteiger charge is -2.04. The predicted molar refractivity (Wildman–Crippen MR) is 110 cm³/mol. The standard InChI is InChI=1S/C21H19FN6O3/c1-2-28-12-18(19(27-28)21(30)23-11-15-4-3-9-31-15)24-20(29)17-10-16(25-26-17)13-5-7-14(22)8-6-13/h3-10,12H,2,11H2,1H3,(H,23,30)(H,24,29)(H,25,26). The van der Waals surface area contributed by atoms with Gasteiger partial charge in [0.05, 0.1) is 24.2 Å². The van der Waals surface area contributed by atoms with E-state index in [1.165, 1.54) is 18.4 Å². The lowest BCUT2D eigenvalue weighted by Crippen LogP contribution is -2.25. The van der Waals surface area contributed by atoms with Crippen molar-refractivity contribution in [1.82, 2.24) is 25.3 Å². The number of carbonyl (C=O) groups excluding carboxylic acids is 2. The third-order valence-corrected chi connectivity index (χ3v) is 4.51. The van der Waals surface area contributed by atoms with Crippen molar-refractivity contribution in [2.24, 2.45) is 0 Å². The number of nitrogens with one attached hydrogen (secondary N) is 3. The van der Waals surface area contributed by atoms with Gasteiger partial charge in [-0.05, 0) is 49.4 Å². The molecule has 31 heavy (non-hydrogen) atoms. The summed E-state index contributed by atoms with van der Waals surface area (Å²) < 4.78 is 19.9. The zero-order valence-corrected chi connectivity index (χ0v) is 16.6. The molecule has 0 aliphatic carbocycles. The van der Waals surface area contributed by atoms with Gasteiger partial charge in [-0.1, -0.05) is 0 Å². The number of carbonyl (C=O) groups is 2. The Kier molecular flexibility index (Phi) is 5.61. The number of halogens is 1. The molecule has 9 nitrogen and oxygen atoms in total. The highest BCUT2D eigenvalue weighted by Crippen LogP contribution is 2.20. The Morgan fingerprint density at radius 1 is 1.19 bits per heavy atom. The van der Waals surface area contributed by atoms with Crippen LogP contribution in [0.5, 0.6) is 0 Å². The van der Waals surface area contributed by atoms with Gasteiger partial charge in [0, 0.05) is 18.3 Å². The quantitative estimate of drug-likeness (QED) is 0.423. The van der Waals surface area contributed by atoms with Crippen molar-refractivity contribution >= 4 is 17.5 Å². The number of benzene rings is 1. The van der Waals surface area contributed by atoms with Gasteiger partial charge in [-0.2, -0.15) is 10.2 Å². The van der Waals surface area contributed by atoms with E-state index < -0.39 is 11.8 Å². The minimum absolute atomic E-state index is 0.0834. The van der Waals surface area contributed by atoms with Crippen LogP contribution in [0.15, 0.2) is 59.3 Å². The largest absolute Gasteiger partial charge is 0.467 e. The van der Waals surface area contributed by atoms with Crippen molar-refractivity contribution in [3.05, 3.63) is 77.9 Å². The fourth-order valence-electron chi connectivity index (χ4n) is 2.90. The molecule has 10 heteroatoms. The molecular formula is C21H19FN6O3. The second kappa shape index (κ2) is 8.66. The Morgan fingerprint density at radius 3 is 2.71 bits per heavy atom. The van der Waals surface area contributed by atoms with Crippen molar-refractivity contribution in [2.45, 2.75) is 20.0 Å². The molecule has 0 aliphatic rings. The normalized spacial score (nSPS) is 10.8. The van der Waals surface area contributed by atoms with Crippen molar-refractivity contribution < 1.29 is 18.4 Å². The zero-order chi connectivity index (χ0) is 21.8. The zero-order valence-electron chi connectivity index (χ0n) is 16.6. The van der Waals surface area contributed by atoms with E-state index in [9.17, 15) is 14.0 Å². The number of aromatic amines is 1. The predicted octanol–water partition coefficient (Wildman–Crippen LogP) is 3.21. The highest BCUT2D eigenvalue weighted by molar-refractivity contribution is 6.07. The maximum Gasteiger partial charge on any atom is 0.274 e. The molecular weight excluding hydrogens is 403 g/mol. The molecule has 3 aromatic heterocycles. The third kappa shape index (κ3) is 4.53. The van der Waals surface area contributed by atoms with Gasteiger partial charge in [0.1, 0.15) is 17.3 Å². The van der Waals surface area contributed by atoms with Crippen LogP contribution in [0.25, 0.3) is 11.3 Å². The van der Waals surface area contributed by atoms with Gasteiger partial charge in [0.2, 0.25) is 0 Å². The summed E-state index contributed by atoms with van der Waals surface area (Å²) in [4.78, 5) is 25.3. The monoisotopic (exact) mass is 422 g/mol. The minimum Gasteiger partial charge on any atom is -0.467 e. The highest BCUT2D eigenvalue weighted by Gasteiger charge is 2.20. The summed E-state index contributed by atoms with van der Waals surface area (Å²) in [5.74, 6) is -0.699. The number of furan rings is 1. The molecule has 4 rings (SSSR count). The molecule has 0 atom stereocenters. The van der Waals surface area contributed by atoms with Crippen LogP contribution < -0.4 is 10.6 Å². The first-order valence-corrected chi connectivity index (χ1v) is 9.54. The third-order valence-electron chi connectivity index (χ3n) is 4.51.